The second kappa shape index (κ2) is 5.37. The Hall–Kier alpha value is -2.08. The van der Waals surface area contributed by atoms with E-state index >= 15 is 0 Å². The van der Waals surface area contributed by atoms with Crippen molar-refractivity contribution in [2.24, 2.45) is 5.73 Å². The number of nitrogens with two attached hydrogens (primary N) is 1. The summed E-state index contributed by atoms with van der Waals surface area (Å²) in [5, 5.41) is 4.02. The van der Waals surface area contributed by atoms with Gasteiger partial charge in [0.05, 0.1) is 14.2 Å². The Bertz CT molecular complexity index is 635. The van der Waals surface area contributed by atoms with E-state index in [1.165, 1.54) is 6.42 Å². The highest BCUT2D eigenvalue weighted by atomic mass is 16.5. The van der Waals surface area contributed by atoms with Gasteiger partial charge >= 0.3 is 0 Å². The molecule has 0 bridgehead atoms. The van der Waals surface area contributed by atoms with Gasteiger partial charge in [0.1, 0.15) is 0 Å². The second-order valence-electron chi connectivity index (χ2n) is 5.47. The van der Waals surface area contributed by atoms with Gasteiger partial charge in [-0.2, -0.15) is 4.98 Å². The normalized spacial score (nSPS) is 16.3. The number of hydrogen-bond acceptors (Lipinski definition) is 6. The zero-order valence-corrected chi connectivity index (χ0v) is 12.3. The molecule has 1 aromatic heterocycles. The van der Waals surface area contributed by atoms with Crippen LogP contribution in [0.15, 0.2) is 22.7 Å². The van der Waals surface area contributed by atoms with Crippen LogP contribution in [0.4, 0.5) is 0 Å². The van der Waals surface area contributed by atoms with E-state index in [2.05, 4.69) is 10.1 Å². The van der Waals surface area contributed by atoms with Crippen LogP contribution in [-0.4, -0.2) is 29.9 Å². The van der Waals surface area contributed by atoms with Crippen LogP contribution in [0.5, 0.6) is 11.5 Å². The predicted octanol–water partition coefficient (Wildman–Crippen LogP) is 2.18. The van der Waals surface area contributed by atoms with Crippen LogP contribution in [0.3, 0.4) is 0 Å². The Kier molecular flexibility index (Phi) is 3.55. The summed E-state index contributed by atoms with van der Waals surface area (Å²) in [6, 6.07) is 5.52. The van der Waals surface area contributed by atoms with Gasteiger partial charge in [-0.05, 0) is 37.5 Å². The van der Waals surface area contributed by atoms with Crippen molar-refractivity contribution in [2.75, 3.05) is 14.2 Å². The first-order valence-electron chi connectivity index (χ1n) is 6.97. The predicted molar refractivity (Wildman–Crippen MR) is 77.3 cm³/mol. The standard InChI is InChI=1S/C15H19N3O3/c1-19-11-5-4-10(8-12(11)20-2)14-17-13(21-18-14)9-15(16)6-3-7-15/h4-5,8H,3,6-7,9,16H2,1-2H3. The maximum atomic E-state index is 6.20. The summed E-state index contributed by atoms with van der Waals surface area (Å²) < 4.78 is 15.8. The maximum absolute atomic E-state index is 6.20. The largest absolute Gasteiger partial charge is 0.493 e. The Morgan fingerprint density at radius 3 is 2.62 bits per heavy atom. The van der Waals surface area contributed by atoms with E-state index in [4.69, 9.17) is 19.7 Å². The summed E-state index contributed by atoms with van der Waals surface area (Å²) in [5.41, 5.74) is 6.86. The van der Waals surface area contributed by atoms with Gasteiger partial charge in [0.2, 0.25) is 11.7 Å². The lowest BCUT2D eigenvalue weighted by atomic mass is 9.75. The van der Waals surface area contributed by atoms with Crippen molar-refractivity contribution >= 4 is 0 Å². The third-order valence-corrected chi connectivity index (χ3v) is 3.96. The molecule has 6 heteroatoms. The highest BCUT2D eigenvalue weighted by Crippen LogP contribution is 2.33. The van der Waals surface area contributed by atoms with E-state index in [0.29, 0.717) is 29.6 Å². The van der Waals surface area contributed by atoms with Crippen molar-refractivity contribution in [3.8, 4) is 22.9 Å². The number of aromatic nitrogens is 2. The summed E-state index contributed by atoms with van der Waals surface area (Å²) >= 11 is 0. The van der Waals surface area contributed by atoms with E-state index in [1.807, 2.05) is 18.2 Å². The number of methoxy groups -OCH3 is 2. The molecule has 0 aliphatic heterocycles. The zero-order valence-electron chi connectivity index (χ0n) is 12.3. The van der Waals surface area contributed by atoms with Crippen LogP contribution in [-0.2, 0) is 6.42 Å². The Morgan fingerprint density at radius 1 is 1.24 bits per heavy atom. The maximum Gasteiger partial charge on any atom is 0.228 e. The molecule has 1 aliphatic rings. The monoisotopic (exact) mass is 289 g/mol. The minimum Gasteiger partial charge on any atom is -0.493 e. The molecule has 0 unspecified atom stereocenters. The highest BCUT2D eigenvalue weighted by Gasteiger charge is 2.34. The van der Waals surface area contributed by atoms with Crippen LogP contribution >= 0.6 is 0 Å². The van der Waals surface area contributed by atoms with Gasteiger partial charge in [-0.15, -0.1) is 0 Å². The molecule has 0 saturated heterocycles. The third-order valence-electron chi connectivity index (χ3n) is 3.96. The number of hydrogen-bond donors (Lipinski definition) is 1. The molecule has 0 radical (unpaired) electrons. The molecule has 1 heterocycles. The molecule has 3 rings (SSSR count). The average molecular weight is 289 g/mol. The van der Waals surface area contributed by atoms with Crippen LogP contribution in [0.25, 0.3) is 11.4 Å². The summed E-state index contributed by atoms with van der Waals surface area (Å²) in [6.45, 7) is 0. The molecule has 1 aromatic carbocycles. The number of rotatable bonds is 5. The molecule has 0 spiro atoms. The fourth-order valence-corrected chi connectivity index (χ4v) is 2.53. The van der Waals surface area contributed by atoms with Gasteiger partial charge in [-0.25, -0.2) is 0 Å². The van der Waals surface area contributed by atoms with Crippen LogP contribution < -0.4 is 15.2 Å². The van der Waals surface area contributed by atoms with Crippen molar-refractivity contribution < 1.29 is 14.0 Å². The van der Waals surface area contributed by atoms with Gasteiger partial charge in [0.25, 0.3) is 0 Å². The Labute approximate surface area is 123 Å². The fourth-order valence-electron chi connectivity index (χ4n) is 2.53. The van der Waals surface area contributed by atoms with E-state index in [0.717, 1.165) is 18.4 Å². The molecule has 2 N–H and O–H groups in total. The molecule has 21 heavy (non-hydrogen) atoms. The van der Waals surface area contributed by atoms with E-state index in [9.17, 15) is 0 Å². The van der Waals surface area contributed by atoms with Gasteiger partial charge in [0, 0.05) is 17.5 Å². The minimum absolute atomic E-state index is 0.165. The lowest BCUT2D eigenvalue weighted by Crippen LogP contribution is -2.48. The van der Waals surface area contributed by atoms with Crippen molar-refractivity contribution in [1.29, 1.82) is 0 Å². The van der Waals surface area contributed by atoms with Crippen LogP contribution in [0.2, 0.25) is 0 Å². The average Bonchev–Trinajstić information content (AvgIpc) is 2.93. The highest BCUT2D eigenvalue weighted by molar-refractivity contribution is 5.60. The quantitative estimate of drug-likeness (QED) is 0.908. The van der Waals surface area contributed by atoms with Gasteiger partial charge < -0.3 is 19.7 Å². The first kappa shape index (κ1) is 13.9. The zero-order chi connectivity index (χ0) is 14.9. The summed E-state index contributed by atoms with van der Waals surface area (Å²) in [5.74, 6) is 2.42. The van der Waals surface area contributed by atoms with Gasteiger partial charge in [-0.3, -0.25) is 0 Å². The summed E-state index contributed by atoms with van der Waals surface area (Å²) in [6.07, 6.45) is 3.84. The topological polar surface area (TPSA) is 83.4 Å². The van der Waals surface area contributed by atoms with Gasteiger partial charge in [0.15, 0.2) is 11.5 Å². The van der Waals surface area contributed by atoms with E-state index in [-0.39, 0.29) is 5.54 Å². The second-order valence-corrected chi connectivity index (χ2v) is 5.47. The first-order valence-corrected chi connectivity index (χ1v) is 6.97. The Balaban J connectivity index is 1.82. The molecular formula is C15H19N3O3. The van der Waals surface area contributed by atoms with E-state index < -0.39 is 0 Å². The lowest BCUT2D eigenvalue weighted by Gasteiger charge is -2.36. The fraction of sp³-hybridized carbons (Fsp3) is 0.467. The van der Waals surface area contributed by atoms with Crippen LogP contribution in [0.1, 0.15) is 25.2 Å². The number of nitrogens with zero attached hydrogens (tertiary/aromatic N) is 2. The SMILES string of the molecule is COc1ccc(-c2noc(CC3(N)CCC3)n2)cc1OC. The number of ether oxygens (including phenoxy) is 2. The molecule has 2 aromatic rings. The lowest BCUT2D eigenvalue weighted by molar-refractivity contribution is 0.222. The summed E-state index contributed by atoms with van der Waals surface area (Å²) in [7, 11) is 3.20. The molecular weight excluding hydrogens is 270 g/mol. The third kappa shape index (κ3) is 2.71. The van der Waals surface area contributed by atoms with E-state index in [1.54, 1.807) is 14.2 Å². The van der Waals surface area contributed by atoms with Crippen LogP contribution in [0, 0.1) is 0 Å². The van der Waals surface area contributed by atoms with Crippen molar-refractivity contribution in [2.45, 2.75) is 31.2 Å². The molecule has 6 nitrogen and oxygen atoms in total. The molecule has 1 saturated carbocycles. The minimum atomic E-state index is -0.165. The molecule has 1 aliphatic carbocycles. The Morgan fingerprint density at radius 2 is 2.00 bits per heavy atom. The molecule has 0 atom stereocenters. The summed E-state index contributed by atoms with van der Waals surface area (Å²) in [4.78, 5) is 4.42. The molecule has 112 valence electrons. The molecule has 1 fully saturated rings. The van der Waals surface area contributed by atoms with Crippen molar-refractivity contribution in [1.82, 2.24) is 10.1 Å². The molecule has 0 amide bonds. The van der Waals surface area contributed by atoms with Crippen molar-refractivity contribution in [3.05, 3.63) is 24.1 Å². The number of benzene rings is 1. The smallest absolute Gasteiger partial charge is 0.228 e. The van der Waals surface area contributed by atoms with Crippen molar-refractivity contribution in [3.63, 3.8) is 0 Å². The van der Waals surface area contributed by atoms with Gasteiger partial charge in [-0.1, -0.05) is 5.16 Å². The first-order chi connectivity index (χ1) is 10.1.